The van der Waals surface area contributed by atoms with E-state index in [1.54, 1.807) is 18.3 Å². The standard InChI is InChI=1S/C20H27FN4O/c1-15(2)18-13-24(14-19-22-9-11-23(19)3)10-8-20(26)25(18)12-16-4-6-17(21)7-5-16/h4-7,9,11,15,18H,8,10,12-14H2,1-3H3. The summed E-state index contributed by atoms with van der Waals surface area (Å²) in [5.74, 6) is 1.25. The van der Waals surface area contributed by atoms with Crippen LogP contribution in [0.25, 0.3) is 0 Å². The van der Waals surface area contributed by atoms with Crippen molar-refractivity contribution in [2.75, 3.05) is 13.1 Å². The Labute approximate surface area is 154 Å². The van der Waals surface area contributed by atoms with Crippen LogP contribution < -0.4 is 0 Å². The van der Waals surface area contributed by atoms with Gasteiger partial charge in [-0.05, 0) is 23.6 Å². The van der Waals surface area contributed by atoms with E-state index in [1.807, 2.05) is 22.7 Å². The summed E-state index contributed by atoms with van der Waals surface area (Å²) in [7, 11) is 1.99. The second-order valence-corrected chi connectivity index (χ2v) is 7.40. The predicted octanol–water partition coefficient (Wildman–Crippen LogP) is 2.82. The summed E-state index contributed by atoms with van der Waals surface area (Å²) in [6.45, 7) is 7.12. The minimum atomic E-state index is -0.252. The second kappa shape index (κ2) is 7.99. The van der Waals surface area contributed by atoms with E-state index in [2.05, 4.69) is 23.7 Å². The summed E-state index contributed by atoms with van der Waals surface area (Å²) in [5, 5.41) is 0. The molecule has 5 nitrogen and oxygen atoms in total. The van der Waals surface area contributed by atoms with Gasteiger partial charge in [-0.2, -0.15) is 0 Å². The lowest BCUT2D eigenvalue weighted by Crippen LogP contribution is -2.45. The zero-order valence-electron chi connectivity index (χ0n) is 15.7. The minimum Gasteiger partial charge on any atom is -0.337 e. The van der Waals surface area contributed by atoms with Gasteiger partial charge in [0.1, 0.15) is 11.6 Å². The molecule has 0 saturated carbocycles. The average molecular weight is 358 g/mol. The first-order valence-electron chi connectivity index (χ1n) is 9.16. The molecule has 1 atom stereocenters. The Bertz CT molecular complexity index is 741. The third kappa shape index (κ3) is 4.30. The van der Waals surface area contributed by atoms with Crippen LogP contribution in [0.4, 0.5) is 4.39 Å². The van der Waals surface area contributed by atoms with E-state index in [9.17, 15) is 9.18 Å². The van der Waals surface area contributed by atoms with Gasteiger partial charge in [0.2, 0.25) is 5.91 Å². The minimum absolute atomic E-state index is 0.121. The van der Waals surface area contributed by atoms with Crippen LogP contribution in [0.15, 0.2) is 36.7 Å². The van der Waals surface area contributed by atoms with Crippen LogP contribution in [0.5, 0.6) is 0 Å². The lowest BCUT2D eigenvalue weighted by Gasteiger charge is -2.34. The summed E-state index contributed by atoms with van der Waals surface area (Å²) >= 11 is 0. The highest BCUT2D eigenvalue weighted by molar-refractivity contribution is 5.77. The predicted molar refractivity (Wildman–Crippen MR) is 98.7 cm³/mol. The number of aromatic nitrogens is 2. The van der Waals surface area contributed by atoms with Crippen molar-refractivity contribution < 1.29 is 9.18 Å². The van der Waals surface area contributed by atoms with Crippen molar-refractivity contribution in [3.63, 3.8) is 0 Å². The van der Waals surface area contributed by atoms with Crippen molar-refractivity contribution >= 4 is 5.91 Å². The fourth-order valence-electron chi connectivity index (χ4n) is 3.49. The summed E-state index contributed by atoms with van der Waals surface area (Å²) < 4.78 is 15.2. The number of amides is 1. The maximum atomic E-state index is 13.2. The molecule has 1 aliphatic heterocycles. The molecule has 2 aromatic rings. The number of nitrogens with zero attached hydrogens (tertiary/aromatic N) is 4. The quantitative estimate of drug-likeness (QED) is 0.825. The van der Waals surface area contributed by atoms with Gasteiger partial charge in [-0.15, -0.1) is 0 Å². The fourth-order valence-corrected chi connectivity index (χ4v) is 3.49. The van der Waals surface area contributed by atoms with Gasteiger partial charge >= 0.3 is 0 Å². The molecule has 0 aliphatic carbocycles. The molecule has 0 spiro atoms. The Balaban J connectivity index is 1.77. The van der Waals surface area contributed by atoms with Gasteiger partial charge in [-0.25, -0.2) is 9.37 Å². The lowest BCUT2D eigenvalue weighted by atomic mass is 10.0. The first-order chi connectivity index (χ1) is 12.4. The van der Waals surface area contributed by atoms with Gasteiger partial charge in [0.15, 0.2) is 0 Å². The first-order valence-corrected chi connectivity index (χ1v) is 9.16. The number of hydrogen-bond acceptors (Lipinski definition) is 3. The number of imidazole rings is 1. The van der Waals surface area contributed by atoms with Crippen LogP contribution >= 0.6 is 0 Å². The smallest absolute Gasteiger partial charge is 0.224 e. The van der Waals surface area contributed by atoms with E-state index in [-0.39, 0.29) is 17.8 Å². The molecule has 2 heterocycles. The normalized spacial score (nSPS) is 19.2. The molecule has 1 unspecified atom stereocenters. The number of carbonyl (C=O) groups excluding carboxylic acids is 1. The second-order valence-electron chi connectivity index (χ2n) is 7.40. The number of aryl methyl sites for hydroxylation is 1. The monoisotopic (exact) mass is 358 g/mol. The number of rotatable bonds is 5. The van der Waals surface area contributed by atoms with Crippen LogP contribution in [0.2, 0.25) is 0 Å². The molecule has 0 N–H and O–H groups in total. The largest absolute Gasteiger partial charge is 0.337 e. The zero-order chi connectivity index (χ0) is 18.7. The van der Waals surface area contributed by atoms with Gasteiger partial charge < -0.3 is 9.47 Å². The van der Waals surface area contributed by atoms with Gasteiger partial charge in [0, 0.05) is 51.5 Å². The lowest BCUT2D eigenvalue weighted by molar-refractivity contribution is -0.134. The number of benzene rings is 1. The molecule has 6 heteroatoms. The van der Waals surface area contributed by atoms with E-state index in [1.165, 1.54) is 12.1 Å². The average Bonchev–Trinajstić information content (AvgIpc) is 2.94. The molecule has 26 heavy (non-hydrogen) atoms. The van der Waals surface area contributed by atoms with Crippen molar-refractivity contribution in [1.82, 2.24) is 19.4 Å². The highest BCUT2D eigenvalue weighted by Crippen LogP contribution is 2.22. The van der Waals surface area contributed by atoms with Crippen LogP contribution in [0, 0.1) is 11.7 Å². The molecule has 1 amide bonds. The molecule has 1 fully saturated rings. The van der Waals surface area contributed by atoms with Crippen LogP contribution in [-0.4, -0.2) is 44.4 Å². The van der Waals surface area contributed by atoms with Crippen molar-refractivity contribution in [2.45, 2.75) is 39.4 Å². The van der Waals surface area contributed by atoms with Gasteiger partial charge in [0.25, 0.3) is 0 Å². The molecule has 3 rings (SSSR count). The molecule has 1 aromatic carbocycles. The summed E-state index contributed by atoms with van der Waals surface area (Å²) in [6.07, 6.45) is 4.24. The van der Waals surface area contributed by atoms with Crippen LogP contribution in [0.3, 0.4) is 0 Å². The maximum absolute atomic E-state index is 13.2. The molecule has 1 aromatic heterocycles. The third-order valence-electron chi connectivity index (χ3n) is 5.13. The Morgan fingerprint density at radius 3 is 2.58 bits per heavy atom. The number of halogens is 1. The highest BCUT2D eigenvalue weighted by atomic mass is 19.1. The topological polar surface area (TPSA) is 41.4 Å². The van der Waals surface area contributed by atoms with Gasteiger partial charge in [0.05, 0.1) is 6.54 Å². The number of hydrogen-bond donors (Lipinski definition) is 0. The fraction of sp³-hybridized carbons (Fsp3) is 0.500. The van der Waals surface area contributed by atoms with E-state index in [4.69, 9.17) is 0 Å². The van der Waals surface area contributed by atoms with Crippen LogP contribution in [0.1, 0.15) is 31.7 Å². The Morgan fingerprint density at radius 1 is 1.23 bits per heavy atom. The van der Waals surface area contributed by atoms with Gasteiger partial charge in [-0.1, -0.05) is 26.0 Å². The summed E-state index contributed by atoms with van der Waals surface area (Å²) in [6, 6.07) is 6.55. The SMILES string of the molecule is CC(C)C1CN(Cc2nccn2C)CCC(=O)N1Cc1ccc(F)cc1. The molecule has 0 radical (unpaired) electrons. The van der Waals surface area contributed by atoms with E-state index in [0.29, 0.717) is 18.9 Å². The van der Waals surface area contributed by atoms with E-state index >= 15 is 0 Å². The molecule has 0 bridgehead atoms. The first kappa shape index (κ1) is 18.6. The molecule has 1 saturated heterocycles. The van der Waals surface area contributed by atoms with E-state index < -0.39 is 0 Å². The third-order valence-corrected chi connectivity index (χ3v) is 5.13. The number of carbonyl (C=O) groups is 1. The van der Waals surface area contributed by atoms with Crippen molar-refractivity contribution in [3.8, 4) is 0 Å². The maximum Gasteiger partial charge on any atom is 0.224 e. The molecular weight excluding hydrogens is 331 g/mol. The summed E-state index contributed by atoms with van der Waals surface area (Å²) in [5.41, 5.74) is 0.961. The Hall–Kier alpha value is -2.21. The zero-order valence-corrected chi connectivity index (χ0v) is 15.7. The molecular formula is C20H27FN4O. The Kier molecular flexibility index (Phi) is 5.71. The van der Waals surface area contributed by atoms with E-state index in [0.717, 1.165) is 31.0 Å². The molecule has 140 valence electrons. The van der Waals surface area contributed by atoms with Crippen molar-refractivity contribution in [1.29, 1.82) is 0 Å². The molecule has 1 aliphatic rings. The van der Waals surface area contributed by atoms with Crippen molar-refractivity contribution in [3.05, 3.63) is 53.9 Å². The summed E-state index contributed by atoms with van der Waals surface area (Å²) in [4.78, 5) is 21.5. The Morgan fingerprint density at radius 2 is 1.96 bits per heavy atom. The highest BCUT2D eigenvalue weighted by Gasteiger charge is 2.32. The van der Waals surface area contributed by atoms with Crippen molar-refractivity contribution in [2.24, 2.45) is 13.0 Å². The van der Waals surface area contributed by atoms with Gasteiger partial charge in [-0.3, -0.25) is 9.69 Å². The van der Waals surface area contributed by atoms with Crippen LogP contribution in [-0.2, 0) is 24.9 Å².